The molecule has 0 saturated carbocycles. The maximum absolute atomic E-state index is 13.2. The van der Waals surface area contributed by atoms with Gasteiger partial charge in [0.2, 0.25) is 5.91 Å². The van der Waals surface area contributed by atoms with Gasteiger partial charge >= 0.3 is 0 Å². The van der Waals surface area contributed by atoms with E-state index in [1.165, 1.54) is 29.2 Å². The Hall–Kier alpha value is -3.11. The number of nitrogens with one attached hydrogen (secondary N) is 1. The SMILES string of the molecule is C[C@H]1S/C(=C(/C#N)C(=O)NCc2ccccc2)N(c2ccc(F)cc2)C1=O. The van der Waals surface area contributed by atoms with E-state index >= 15 is 0 Å². The number of halogens is 1. The zero-order chi connectivity index (χ0) is 19.4. The second-order valence-corrected chi connectivity index (χ2v) is 7.20. The number of nitriles is 1. The molecule has 27 heavy (non-hydrogen) atoms. The van der Waals surface area contributed by atoms with Crippen LogP contribution in [-0.4, -0.2) is 17.1 Å². The first-order valence-electron chi connectivity index (χ1n) is 8.24. The summed E-state index contributed by atoms with van der Waals surface area (Å²) < 4.78 is 13.2. The molecule has 2 aromatic rings. The first kappa shape index (κ1) is 18.7. The van der Waals surface area contributed by atoms with Crippen LogP contribution in [0, 0.1) is 17.1 Å². The number of nitrogens with zero attached hydrogens (tertiary/aromatic N) is 2. The summed E-state index contributed by atoms with van der Waals surface area (Å²) in [6.45, 7) is 1.97. The maximum atomic E-state index is 13.2. The average Bonchev–Trinajstić information content (AvgIpc) is 2.97. The summed E-state index contributed by atoms with van der Waals surface area (Å²) in [4.78, 5) is 26.4. The second kappa shape index (κ2) is 8.06. The van der Waals surface area contributed by atoms with Crippen molar-refractivity contribution in [3.05, 3.63) is 76.6 Å². The predicted octanol–water partition coefficient (Wildman–Crippen LogP) is 3.35. The van der Waals surface area contributed by atoms with Crippen LogP contribution in [0.1, 0.15) is 12.5 Å². The summed E-state index contributed by atoms with van der Waals surface area (Å²) in [5.41, 5.74) is 1.17. The topological polar surface area (TPSA) is 73.2 Å². The van der Waals surface area contributed by atoms with Gasteiger partial charge in [0, 0.05) is 12.2 Å². The highest BCUT2D eigenvalue weighted by atomic mass is 32.2. The molecule has 0 radical (unpaired) electrons. The first-order chi connectivity index (χ1) is 13.0. The highest BCUT2D eigenvalue weighted by molar-refractivity contribution is 8.05. The van der Waals surface area contributed by atoms with Gasteiger partial charge in [-0.2, -0.15) is 5.26 Å². The standard InChI is InChI=1S/C20H16FN3O2S/c1-13-19(26)24(16-9-7-15(21)8-10-16)20(27-13)17(11-22)18(25)23-12-14-5-3-2-4-6-14/h2-10,13H,12H2,1H3,(H,23,25)/b20-17-/t13-/m1/s1. The van der Waals surface area contributed by atoms with E-state index in [1.54, 1.807) is 6.92 Å². The van der Waals surface area contributed by atoms with Crippen molar-refractivity contribution in [1.29, 1.82) is 5.26 Å². The fourth-order valence-corrected chi connectivity index (χ4v) is 3.72. The van der Waals surface area contributed by atoms with E-state index < -0.39 is 17.0 Å². The Morgan fingerprint density at radius 1 is 1.22 bits per heavy atom. The molecule has 1 heterocycles. The van der Waals surface area contributed by atoms with E-state index in [-0.39, 0.29) is 23.1 Å². The largest absolute Gasteiger partial charge is 0.347 e. The molecule has 5 nitrogen and oxygen atoms in total. The molecule has 2 aromatic carbocycles. The third kappa shape index (κ3) is 4.01. The molecular weight excluding hydrogens is 365 g/mol. The van der Waals surface area contributed by atoms with Crippen molar-refractivity contribution < 1.29 is 14.0 Å². The van der Waals surface area contributed by atoms with Gasteiger partial charge in [-0.3, -0.25) is 14.5 Å². The Kier molecular flexibility index (Phi) is 5.57. The van der Waals surface area contributed by atoms with E-state index in [2.05, 4.69) is 5.32 Å². The van der Waals surface area contributed by atoms with Gasteiger partial charge in [0.25, 0.3) is 5.91 Å². The second-order valence-electron chi connectivity index (χ2n) is 5.87. The van der Waals surface area contributed by atoms with Crippen molar-refractivity contribution in [1.82, 2.24) is 5.32 Å². The molecule has 1 fully saturated rings. The molecule has 2 amide bonds. The minimum Gasteiger partial charge on any atom is -0.347 e. The lowest BCUT2D eigenvalue weighted by Gasteiger charge is -2.18. The highest BCUT2D eigenvalue weighted by Gasteiger charge is 2.38. The molecule has 1 aliphatic heterocycles. The molecule has 7 heteroatoms. The van der Waals surface area contributed by atoms with E-state index in [4.69, 9.17) is 0 Å². The van der Waals surface area contributed by atoms with Gasteiger partial charge in [-0.25, -0.2) is 4.39 Å². The summed E-state index contributed by atoms with van der Waals surface area (Å²) in [7, 11) is 0. The molecule has 1 N–H and O–H groups in total. The Morgan fingerprint density at radius 3 is 2.52 bits per heavy atom. The molecule has 0 unspecified atom stereocenters. The van der Waals surface area contributed by atoms with Crippen LogP contribution in [-0.2, 0) is 16.1 Å². The minimum atomic E-state index is -0.558. The third-order valence-corrected chi connectivity index (χ3v) is 5.16. The van der Waals surface area contributed by atoms with Crippen molar-refractivity contribution in [2.24, 2.45) is 0 Å². The smallest absolute Gasteiger partial charge is 0.264 e. The Morgan fingerprint density at radius 2 is 1.89 bits per heavy atom. The van der Waals surface area contributed by atoms with Gasteiger partial charge in [0.1, 0.15) is 22.5 Å². The number of amides is 2. The van der Waals surface area contributed by atoms with E-state index in [0.717, 1.165) is 17.3 Å². The Bertz CT molecular complexity index is 936. The third-order valence-electron chi connectivity index (χ3n) is 3.99. The predicted molar refractivity (Wildman–Crippen MR) is 102 cm³/mol. The minimum absolute atomic E-state index is 0.141. The maximum Gasteiger partial charge on any atom is 0.264 e. The van der Waals surface area contributed by atoms with Gasteiger partial charge < -0.3 is 5.32 Å². The van der Waals surface area contributed by atoms with Crippen molar-refractivity contribution in [2.75, 3.05) is 4.90 Å². The highest BCUT2D eigenvalue weighted by Crippen LogP contribution is 2.40. The van der Waals surface area contributed by atoms with E-state index in [0.29, 0.717) is 5.69 Å². The molecule has 136 valence electrons. The van der Waals surface area contributed by atoms with Crippen LogP contribution in [0.5, 0.6) is 0 Å². The summed E-state index contributed by atoms with van der Waals surface area (Å²) >= 11 is 1.14. The summed E-state index contributed by atoms with van der Waals surface area (Å²) in [6, 6.07) is 16.6. The Labute approximate surface area is 160 Å². The molecule has 0 spiro atoms. The van der Waals surface area contributed by atoms with Gasteiger partial charge in [-0.05, 0) is 36.8 Å². The number of benzene rings is 2. The summed E-state index contributed by atoms with van der Waals surface area (Å²) in [6.07, 6.45) is 0. The van der Waals surface area contributed by atoms with Crippen LogP contribution in [0.25, 0.3) is 0 Å². The number of hydrogen-bond acceptors (Lipinski definition) is 4. The molecule has 3 rings (SSSR count). The molecule has 0 aromatic heterocycles. The molecule has 1 aliphatic rings. The molecule has 0 bridgehead atoms. The normalized spacial score (nSPS) is 18.2. The summed E-state index contributed by atoms with van der Waals surface area (Å²) in [5.74, 6) is -1.25. The Balaban J connectivity index is 1.91. The average molecular weight is 381 g/mol. The zero-order valence-corrected chi connectivity index (χ0v) is 15.3. The summed E-state index contributed by atoms with van der Waals surface area (Å²) in [5, 5.41) is 12.1. The van der Waals surface area contributed by atoms with Crippen LogP contribution in [0.4, 0.5) is 10.1 Å². The molecule has 1 saturated heterocycles. The number of thioether (sulfide) groups is 1. The van der Waals surface area contributed by atoms with Crippen molar-refractivity contribution >= 4 is 29.3 Å². The number of rotatable bonds is 4. The number of hydrogen-bond donors (Lipinski definition) is 1. The van der Waals surface area contributed by atoms with Crippen LogP contribution < -0.4 is 10.2 Å². The lowest BCUT2D eigenvalue weighted by Crippen LogP contribution is -2.30. The van der Waals surface area contributed by atoms with E-state index in [9.17, 15) is 19.2 Å². The molecule has 1 atom stereocenters. The van der Waals surface area contributed by atoms with Gasteiger partial charge in [-0.15, -0.1) is 0 Å². The first-order valence-corrected chi connectivity index (χ1v) is 9.12. The number of anilines is 1. The van der Waals surface area contributed by atoms with Gasteiger partial charge in [-0.1, -0.05) is 42.1 Å². The fraction of sp³-hybridized carbons (Fsp3) is 0.150. The number of carbonyl (C=O) groups excluding carboxylic acids is 2. The van der Waals surface area contributed by atoms with Crippen LogP contribution in [0.15, 0.2) is 65.2 Å². The van der Waals surface area contributed by atoms with Crippen molar-refractivity contribution in [3.63, 3.8) is 0 Å². The van der Waals surface area contributed by atoms with E-state index in [1.807, 2.05) is 36.4 Å². The van der Waals surface area contributed by atoms with Crippen LogP contribution in [0.2, 0.25) is 0 Å². The fourth-order valence-electron chi connectivity index (χ4n) is 2.62. The van der Waals surface area contributed by atoms with Gasteiger partial charge in [0.05, 0.1) is 5.25 Å². The lowest BCUT2D eigenvalue weighted by molar-refractivity contribution is -0.117. The van der Waals surface area contributed by atoms with Crippen molar-refractivity contribution in [3.8, 4) is 6.07 Å². The molecular formula is C20H16FN3O2S. The van der Waals surface area contributed by atoms with Crippen LogP contribution >= 0.6 is 11.8 Å². The van der Waals surface area contributed by atoms with Crippen LogP contribution in [0.3, 0.4) is 0 Å². The number of carbonyl (C=O) groups is 2. The monoisotopic (exact) mass is 381 g/mol. The zero-order valence-electron chi connectivity index (χ0n) is 14.5. The lowest BCUT2D eigenvalue weighted by atomic mass is 10.2. The quantitative estimate of drug-likeness (QED) is 0.651. The van der Waals surface area contributed by atoms with Gasteiger partial charge in [0.15, 0.2) is 0 Å². The molecule has 0 aliphatic carbocycles. The van der Waals surface area contributed by atoms with Crippen molar-refractivity contribution in [2.45, 2.75) is 18.7 Å².